The molecule has 0 amide bonds. The van der Waals surface area contributed by atoms with E-state index in [1.54, 1.807) is 25.3 Å². The van der Waals surface area contributed by atoms with E-state index in [0.29, 0.717) is 23.1 Å². The molecule has 2 aromatic rings. The highest BCUT2D eigenvalue weighted by atomic mass is 35.5. The first-order chi connectivity index (χ1) is 10.6. The molecule has 0 atom stereocenters. The summed E-state index contributed by atoms with van der Waals surface area (Å²) in [6.45, 7) is 0.406. The summed E-state index contributed by atoms with van der Waals surface area (Å²) in [4.78, 5) is 10.7. The Morgan fingerprint density at radius 2 is 1.86 bits per heavy atom. The van der Waals surface area contributed by atoms with Crippen LogP contribution in [0.1, 0.15) is 11.1 Å². The molecule has 0 bridgehead atoms. The van der Waals surface area contributed by atoms with Crippen molar-refractivity contribution < 1.29 is 14.3 Å². The highest BCUT2D eigenvalue weighted by Gasteiger charge is 2.05. The quantitative estimate of drug-likeness (QED) is 0.566. The summed E-state index contributed by atoms with van der Waals surface area (Å²) in [7, 11) is 1.56. The van der Waals surface area contributed by atoms with Gasteiger partial charge in [0.2, 0.25) is 5.24 Å². The Kier molecular flexibility index (Phi) is 5.87. The molecule has 0 unspecified atom stereocenters. The van der Waals surface area contributed by atoms with Gasteiger partial charge < -0.3 is 9.47 Å². The van der Waals surface area contributed by atoms with E-state index in [1.165, 1.54) is 6.08 Å². The lowest BCUT2D eigenvalue weighted by Gasteiger charge is -2.11. The molecule has 22 heavy (non-hydrogen) atoms. The molecular formula is C17H14Cl2O3. The number of benzene rings is 2. The first-order valence-corrected chi connectivity index (χ1v) is 7.27. The maximum absolute atomic E-state index is 10.7. The lowest BCUT2D eigenvalue weighted by atomic mass is 10.2. The molecule has 0 heterocycles. The third-order valence-corrected chi connectivity index (χ3v) is 3.28. The first-order valence-electron chi connectivity index (χ1n) is 6.51. The normalized spacial score (nSPS) is 10.7. The van der Waals surface area contributed by atoms with Gasteiger partial charge >= 0.3 is 0 Å². The Balaban J connectivity index is 2.10. The lowest BCUT2D eigenvalue weighted by Crippen LogP contribution is -1.97. The fourth-order valence-electron chi connectivity index (χ4n) is 1.81. The van der Waals surface area contributed by atoms with E-state index in [-0.39, 0.29) is 0 Å². The molecule has 0 saturated heterocycles. The summed E-state index contributed by atoms with van der Waals surface area (Å²) in [6.07, 6.45) is 2.89. The summed E-state index contributed by atoms with van der Waals surface area (Å²) >= 11 is 11.1. The van der Waals surface area contributed by atoms with Gasteiger partial charge in [-0.05, 0) is 53.1 Å². The molecule has 5 heteroatoms. The molecule has 0 aromatic heterocycles. The summed E-state index contributed by atoms with van der Waals surface area (Å²) in [5.41, 5.74) is 1.80. The van der Waals surface area contributed by atoms with Crippen molar-refractivity contribution in [3.8, 4) is 11.5 Å². The molecule has 114 valence electrons. The van der Waals surface area contributed by atoms with Gasteiger partial charge in [-0.25, -0.2) is 0 Å². The molecule has 0 N–H and O–H groups in total. The number of carbonyl (C=O) groups is 1. The van der Waals surface area contributed by atoms with Crippen LogP contribution >= 0.6 is 23.2 Å². The molecule has 3 nitrogen and oxygen atoms in total. The molecule has 0 aliphatic heterocycles. The Labute approximate surface area is 139 Å². The lowest BCUT2D eigenvalue weighted by molar-refractivity contribution is -0.107. The summed E-state index contributed by atoms with van der Waals surface area (Å²) in [5.74, 6) is 1.20. The zero-order valence-electron chi connectivity index (χ0n) is 11.9. The Bertz CT molecular complexity index is 679. The second-order valence-corrected chi connectivity index (χ2v) is 5.27. The number of rotatable bonds is 6. The molecule has 0 spiro atoms. The molecule has 0 saturated carbocycles. The van der Waals surface area contributed by atoms with Crippen LogP contribution in [0.15, 0.2) is 48.5 Å². The Morgan fingerprint density at radius 1 is 1.14 bits per heavy atom. The average Bonchev–Trinajstić information content (AvgIpc) is 2.52. The minimum absolute atomic E-state index is 0.406. The van der Waals surface area contributed by atoms with Crippen molar-refractivity contribution in [3.05, 3.63) is 64.7 Å². The summed E-state index contributed by atoms with van der Waals surface area (Å²) in [5, 5.41) is 0.161. The van der Waals surface area contributed by atoms with Gasteiger partial charge in [-0.1, -0.05) is 35.9 Å². The highest BCUT2D eigenvalue weighted by molar-refractivity contribution is 6.66. The van der Waals surface area contributed by atoms with Crippen molar-refractivity contribution in [2.75, 3.05) is 7.11 Å². The minimum Gasteiger partial charge on any atom is -0.493 e. The number of hydrogen-bond donors (Lipinski definition) is 0. The van der Waals surface area contributed by atoms with Crippen LogP contribution in [0, 0.1) is 0 Å². The van der Waals surface area contributed by atoms with Gasteiger partial charge in [0.1, 0.15) is 6.61 Å². The second-order valence-electron chi connectivity index (χ2n) is 4.46. The minimum atomic E-state index is -0.526. The van der Waals surface area contributed by atoms with Crippen LogP contribution in [0.3, 0.4) is 0 Å². The third kappa shape index (κ3) is 4.79. The fourth-order valence-corrected chi connectivity index (χ4v) is 2.00. The SMILES string of the molecule is COc1cc(/C=C/C(=O)Cl)ccc1OCc1ccc(Cl)cc1. The van der Waals surface area contributed by atoms with Gasteiger partial charge in [-0.2, -0.15) is 0 Å². The van der Waals surface area contributed by atoms with Crippen LogP contribution in [0.4, 0.5) is 0 Å². The molecule has 0 aliphatic rings. The van der Waals surface area contributed by atoms with Crippen molar-refractivity contribution in [1.82, 2.24) is 0 Å². The third-order valence-electron chi connectivity index (χ3n) is 2.90. The van der Waals surface area contributed by atoms with Crippen LogP contribution in [0.25, 0.3) is 6.08 Å². The van der Waals surface area contributed by atoms with Crippen LogP contribution < -0.4 is 9.47 Å². The van der Waals surface area contributed by atoms with E-state index in [4.69, 9.17) is 32.7 Å². The van der Waals surface area contributed by atoms with Crippen molar-refractivity contribution in [2.45, 2.75) is 6.61 Å². The van der Waals surface area contributed by atoms with Crippen molar-refractivity contribution >= 4 is 34.5 Å². The monoisotopic (exact) mass is 336 g/mol. The standard InChI is InChI=1S/C17H14Cl2O3/c1-21-16-10-12(5-9-17(19)20)4-8-15(16)22-11-13-2-6-14(18)7-3-13/h2-10H,11H2,1H3/b9-5+. The zero-order valence-corrected chi connectivity index (χ0v) is 13.4. The predicted octanol–water partition coefficient (Wildman–Crippen LogP) is 4.71. The Hall–Kier alpha value is -1.97. The van der Waals surface area contributed by atoms with E-state index in [0.717, 1.165) is 11.1 Å². The van der Waals surface area contributed by atoms with Crippen molar-refractivity contribution in [1.29, 1.82) is 0 Å². The van der Waals surface area contributed by atoms with Gasteiger partial charge in [0, 0.05) is 5.02 Å². The summed E-state index contributed by atoms with van der Waals surface area (Å²) in [6, 6.07) is 12.8. The average molecular weight is 337 g/mol. The molecule has 2 aromatic carbocycles. The van der Waals surface area contributed by atoms with Crippen molar-refractivity contribution in [2.24, 2.45) is 0 Å². The van der Waals surface area contributed by atoms with Crippen molar-refractivity contribution in [3.63, 3.8) is 0 Å². The van der Waals surface area contributed by atoms with Crippen LogP contribution in [0.2, 0.25) is 5.02 Å². The maximum Gasteiger partial charge on any atom is 0.245 e. The molecule has 0 radical (unpaired) electrons. The summed E-state index contributed by atoms with van der Waals surface area (Å²) < 4.78 is 11.1. The van der Waals surface area contributed by atoms with Gasteiger partial charge in [-0.15, -0.1) is 0 Å². The van der Waals surface area contributed by atoms with Gasteiger partial charge in [-0.3, -0.25) is 4.79 Å². The number of allylic oxidation sites excluding steroid dienone is 1. The topological polar surface area (TPSA) is 35.5 Å². The predicted molar refractivity (Wildman–Crippen MR) is 88.7 cm³/mol. The smallest absolute Gasteiger partial charge is 0.245 e. The van der Waals surface area contributed by atoms with Gasteiger partial charge in [0.25, 0.3) is 0 Å². The molecular weight excluding hydrogens is 323 g/mol. The van der Waals surface area contributed by atoms with Gasteiger partial charge in [0.15, 0.2) is 11.5 Å². The van der Waals surface area contributed by atoms with E-state index < -0.39 is 5.24 Å². The number of carbonyl (C=O) groups excluding carboxylic acids is 1. The van der Waals surface area contributed by atoms with Crippen LogP contribution in [-0.2, 0) is 11.4 Å². The molecule has 0 aliphatic carbocycles. The van der Waals surface area contributed by atoms with E-state index >= 15 is 0 Å². The fraction of sp³-hybridized carbons (Fsp3) is 0.118. The number of ether oxygens (including phenoxy) is 2. The highest BCUT2D eigenvalue weighted by Crippen LogP contribution is 2.29. The van der Waals surface area contributed by atoms with E-state index in [1.807, 2.05) is 30.3 Å². The maximum atomic E-state index is 10.7. The second kappa shape index (κ2) is 7.87. The van der Waals surface area contributed by atoms with Crippen LogP contribution in [0.5, 0.6) is 11.5 Å². The Morgan fingerprint density at radius 3 is 2.50 bits per heavy atom. The molecule has 2 rings (SSSR count). The van der Waals surface area contributed by atoms with Crippen LogP contribution in [-0.4, -0.2) is 12.4 Å². The molecule has 0 fully saturated rings. The van der Waals surface area contributed by atoms with E-state index in [9.17, 15) is 4.79 Å². The number of hydrogen-bond acceptors (Lipinski definition) is 3. The van der Waals surface area contributed by atoms with Gasteiger partial charge in [0.05, 0.1) is 7.11 Å². The first kappa shape index (κ1) is 16.4. The largest absolute Gasteiger partial charge is 0.493 e. The zero-order chi connectivity index (χ0) is 15.9. The number of halogens is 2. The van der Waals surface area contributed by atoms with E-state index in [2.05, 4.69) is 0 Å². The number of methoxy groups -OCH3 is 1.